The van der Waals surface area contributed by atoms with E-state index in [9.17, 15) is 4.39 Å². The van der Waals surface area contributed by atoms with Crippen LogP contribution in [0.3, 0.4) is 0 Å². The molecule has 0 radical (unpaired) electrons. The molecule has 0 atom stereocenters. The molecule has 0 aliphatic carbocycles. The fourth-order valence-corrected chi connectivity index (χ4v) is 3.84. The highest BCUT2D eigenvalue weighted by molar-refractivity contribution is 6.30. The average Bonchev–Trinajstić information content (AvgIpc) is 3.59. The van der Waals surface area contributed by atoms with E-state index in [1.54, 1.807) is 12.3 Å². The molecule has 0 aliphatic rings. The molecule has 10 heteroatoms. The smallest absolute Gasteiger partial charge is 0.261 e. The zero-order chi connectivity index (χ0) is 22.4. The molecule has 0 saturated carbocycles. The highest BCUT2D eigenvalue weighted by Crippen LogP contribution is 2.29. The van der Waals surface area contributed by atoms with Crippen molar-refractivity contribution in [1.82, 2.24) is 29.7 Å². The second-order valence-electron chi connectivity index (χ2n) is 7.40. The molecule has 0 bridgehead atoms. The molecular weight excluding hydrogens is 478 g/mol. The van der Waals surface area contributed by atoms with Gasteiger partial charge < -0.3 is 4.52 Å². The molecule has 0 amide bonds. The second kappa shape index (κ2) is 8.74. The number of H-pyrrole nitrogens is 1. The first kappa shape index (κ1) is 21.8. The molecule has 6 aromatic rings. The number of hydrogen-bond donors (Lipinski definition) is 1. The summed E-state index contributed by atoms with van der Waals surface area (Å²) in [4.78, 5) is 8.84. The van der Waals surface area contributed by atoms with Gasteiger partial charge in [0.25, 0.3) is 5.89 Å². The standard InChI is InChI=1S/C24H14ClFN6O.ClH/c25-18-6-7-19(20(26)9-18)24-30-23(31-33-24)15-3-1-14(2-4-15)21-12-27-22-8-5-16(13-32(21)22)17-10-28-29-11-17;/h1-13H,(H,28,29);1H. The summed E-state index contributed by atoms with van der Waals surface area (Å²) in [5.41, 5.74) is 5.74. The highest BCUT2D eigenvalue weighted by Gasteiger charge is 2.15. The molecule has 0 unspecified atom stereocenters. The molecule has 0 fully saturated rings. The van der Waals surface area contributed by atoms with Crippen LogP contribution in [0, 0.1) is 5.82 Å². The Hall–Kier alpha value is -4.01. The molecular formula is C24H15Cl2FN6O. The van der Waals surface area contributed by atoms with Crippen LogP contribution < -0.4 is 0 Å². The molecule has 4 aromatic heterocycles. The predicted molar refractivity (Wildman–Crippen MR) is 129 cm³/mol. The molecule has 168 valence electrons. The summed E-state index contributed by atoms with van der Waals surface area (Å²) in [6, 6.07) is 16.0. The lowest BCUT2D eigenvalue weighted by Gasteiger charge is -2.05. The monoisotopic (exact) mass is 492 g/mol. The van der Waals surface area contributed by atoms with E-state index in [1.165, 1.54) is 12.1 Å². The first-order valence-electron chi connectivity index (χ1n) is 10.0. The van der Waals surface area contributed by atoms with Crippen molar-refractivity contribution in [2.45, 2.75) is 0 Å². The van der Waals surface area contributed by atoms with Crippen LogP contribution >= 0.6 is 24.0 Å². The fourth-order valence-electron chi connectivity index (χ4n) is 3.68. The quantitative estimate of drug-likeness (QED) is 0.311. The number of halogens is 3. The normalized spacial score (nSPS) is 11.0. The van der Waals surface area contributed by atoms with Gasteiger partial charge in [-0.25, -0.2) is 9.37 Å². The number of fused-ring (bicyclic) bond motifs is 1. The van der Waals surface area contributed by atoms with Crippen molar-refractivity contribution >= 4 is 29.7 Å². The Morgan fingerprint density at radius 1 is 0.912 bits per heavy atom. The minimum atomic E-state index is -0.518. The Balaban J connectivity index is 0.00000241. The largest absolute Gasteiger partial charge is 0.334 e. The maximum Gasteiger partial charge on any atom is 0.261 e. The summed E-state index contributed by atoms with van der Waals surface area (Å²) in [6.45, 7) is 0. The Kier molecular flexibility index (Phi) is 5.61. The number of aromatic amines is 1. The van der Waals surface area contributed by atoms with Crippen molar-refractivity contribution in [3.05, 3.63) is 90.2 Å². The van der Waals surface area contributed by atoms with E-state index in [1.807, 2.05) is 59.4 Å². The molecule has 6 rings (SSSR count). The minimum Gasteiger partial charge on any atom is -0.334 e. The van der Waals surface area contributed by atoms with Crippen molar-refractivity contribution < 1.29 is 8.91 Å². The van der Waals surface area contributed by atoms with Gasteiger partial charge in [-0.05, 0) is 30.3 Å². The summed E-state index contributed by atoms with van der Waals surface area (Å²) >= 11 is 5.82. The van der Waals surface area contributed by atoms with Gasteiger partial charge in [0.15, 0.2) is 0 Å². The van der Waals surface area contributed by atoms with Gasteiger partial charge in [0.1, 0.15) is 11.5 Å². The lowest BCUT2D eigenvalue weighted by molar-refractivity contribution is 0.429. The highest BCUT2D eigenvalue weighted by atomic mass is 35.5. The van der Waals surface area contributed by atoms with Crippen LogP contribution in [-0.2, 0) is 0 Å². The van der Waals surface area contributed by atoms with Gasteiger partial charge in [-0.15, -0.1) is 12.4 Å². The number of nitrogens with one attached hydrogen (secondary N) is 1. The Labute approximate surface area is 203 Å². The summed E-state index contributed by atoms with van der Waals surface area (Å²) in [5, 5.41) is 11.2. The lowest BCUT2D eigenvalue weighted by atomic mass is 10.1. The van der Waals surface area contributed by atoms with Gasteiger partial charge in [-0.1, -0.05) is 41.0 Å². The van der Waals surface area contributed by atoms with E-state index in [4.69, 9.17) is 16.1 Å². The lowest BCUT2D eigenvalue weighted by Crippen LogP contribution is -1.90. The van der Waals surface area contributed by atoms with Crippen molar-refractivity contribution in [2.75, 3.05) is 0 Å². The van der Waals surface area contributed by atoms with E-state index >= 15 is 0 Å². The fraction of sp³-hybridized carbons (Fsp3) is 0. The molecule has 1 N–H and O–H groups in total. The number of nitrogens with zero attached hydrogens (tertiary/aromatic N) is 5. The van der Waals surface area contributed by atoms with E-state index in [0.29, 0.717) is 10.8 Å². The second-order valence-corrected chi connectivity index (χ2v) is 7.84. The third-order valence-corrected chi connectivity index (χ3v) is 5.60. The summed E-state index contributed by atoms with van der Waals surface area (Å²) in [7, 11) is 0. The van der Waals surface area contributed by atoms with Crippen molar-refractivity contribution in [3.63, 3.8) is 0 Å². The third kappa shape index (κ3) is 3.83. The van der Waals surface area contributed by atoms with E-state index in [-0.39, 0.29) is 23.9 Å². The van der Waals surface area contributed by atoms with E-state index in [2.05, 4.69) is 25.3 Å². The van der Waals surface area contributed by atoms with E-state index < -0.39 is 5.82 Å². The number of pyridine rings is 1. The average molecular weight is 493 g/mol. The van der Waals surface area contributed by atoms with Crippen molar-refractivity contribution in [1.29, 1.82) is 0 Å². The number of rotatable bonds is 4. The van der Waals surface area contributed by atoms with Crippen LogP contribution in [0.15, 0.2) is 83.9 Å². The van der Waals surface area contributed by atoms with Crippen LogP contribution in [0.2, 0.25) is 5.02 Å². The van der Waals surface area contributed by atoms with Crippen LogP contribution in [0.1, 0.15) is 0 Å². The van der Waals surface area contributed by atoms with Crippen LogP contribution in [0.5, 0.6) is 0 Å². The Morgan fingerprint density at radius 2 is 1.71 bits per heavy atom. The Morgan fingerprint density at radius 3 is 2.47 bits per heavy atom. The summed E-state index contributed by atoms with van der Waals surface area (Å²) < 4.78 is 21.5. The molecule has 2 aromatic carbocycles. The number of imidazole rings is 1. The van der Waals surface area contributed by atoms with Gasteiger partial charge in [-0.2, -0.15) is 10.1 Å². The molecule has 0 saturated heterocycles. The third-order valence-electron chi connectivity index (χ3n) is 5.36. The minimum absolute atomic E-state index is 0. The van der Waals surface area contributed by atoms with E-state index in [0.717, 1.165) is 33.6 Å². The zero-order valence-corrected chi connectivity index (χ0v) is 18.9. The molecule has 34 heavy (non-hydrogen) atoms. The van der Waals surface area contributed by atoms with Crippen LogP contribution in [0.4, 0.5) is 4.39 Å². The van der Waals surface area contributed by atoms with Gasteiger partial charge in [0.2, 0.25) is 5.82 Å². The first-order chi connectivity index (χ1) is 16.2. The van der Waals surface area contributed by atoms with Gasteiger partial charge in [0, 0.05) is 39.7 Å². The summed E-state index contributed by atoms with van der Waals surface area (Å²) in [6.07, 6.45) is 7.49. The molecule has 0 spiro atoms. The van der Waals surface area contributed by atoms with Gasteiger partial charge >= 0.3 is 0 Å². The van der Waals surface area contributed by atoms with Crippen LogP contribution in [0.25, 0.3) is 50.9 Å². The Bertz CT molecular complexity index is 1590. The maximum absolute atomic E-state index is 14.2. The molecule has 7 nitrogen and oxygen atoms in total. The SMILES string of the molecule is Cl.Fc1cc(Cl)ccc1-c1nc(-c2ccc(-c3cnc4ccc(-c5cn[nH]c5)cn34)cc2)no1. The van der Waals surface area contributed by atoms with Crippen molar-refractivity contribution in [2.24, 2.45) is 0 Å². The van der Waals surface area contributed by atoms with Crippen LogP contribution in [-0.4, -0.2) is 29.7 Å². The van der Waals surface area contributed by atoms with Gasteiger partial charge in [0.05, 0.1) is 23.7 Å². The predicted octanol–water partition coefficient (Wildman–Crippen LogP) is 6.32. The number of hydrogen-bond acceptors (Lipinski definition) is 5. The maximum atomic E-state index is 14.2. The topological polar surface area (TPSA) is 84.9 Å². The molecule has 4 heterocycles. The van der Waals surface area contributed by atoms with Crippen molar-refractivity contribution in [3.8, 4) is 45.2 Å². The molecule has 0 aliphatic heterocycles. The van der Waals surface area contributed by atoms with Gasteiger partial charge in [-0.3, -0.25) is 9.50 Å². The summed E-state index contributed by atoms with van der Waals surface area (Å²) in [5.74, 6) is -0.0569. The number of aromatic nitrogens is 6. The zero-order valence-electron chi connectivity index (χ0n) is 17.3. The number of benzene rings is 2. The first-order valence-corrected chi connectivity index (χ1v) is 10.4.